The maximum absolute atomic E-state index is 12.1. The number of hydrogen-bond acceptors (Lipinski definition) is 2. The number of ether oxygens (including phenoxy) is 1. The van der Waals surface area contributed by atoms with Gasteiger partial charge >= 0.3 is 6.18 Å². The molecule has 1 atom stereocenters. The third-order valence-electron chi connectivity index (χ3n) is 3.17. The zero-order chi connectivity index (χ0) is 16.6. The molecule has 1 aromatic rings. The molecule has 0 aliphatic heterocycles. The van der Waals surface area contributed by atoms with E-state index < -0.39 is 12.6 Å². The monoisotopic (exact) mass is 317 g/mol. The maximum Gasteiger partial charge on any atom is 0.390 e. The van der Waals surface area contributed by atoms with Crippen molar-refractivity contribution in [3.63, 3.8) is 0 Å². The summed E-state index contributed by atoms with van der Waals surface area (Å²) in [5, 5.41) is 5.67. The number of aliphatic imine (C=N–C) groups is 1. The van der Waals surface area contributed by atoms with E-state index in [0.717, 1.165) is 11.3 Å². The van der Waals surface area contributed by atoms with Gasteiger partial charge in [0.05, 0.1) is 13.5 Å². The second-order valence-electron chi connectivity index (χ2n) is 4.89. The second kappa shape index (κ2) is 8.51. The molecule has 7 heteroatoms. The molecule has 0 saturated carbocycles. The van der Waals surface area contributed by atoms with Gasteiger partial charge in [-0.25, -0.2) is 0 Å². The second-order valence-corrected chi connectivity index (χ2v) is 4.89. The van der Waals surface area contributed by atoms with E-state index in [2.05, 4.69) is 15.6 Å². The van der Waals surface area contributed by atoms with Crippen molar-refractivity contribution in [3.05, 3.63) is 29.8 Å². The van der Waals surface area contributed by atoms with Gasteiger partial charge in [0.1, 0.15) is 5.75 Å². The molecule has 1 aromatic carbocycles. The highest BCUT2D eigenvalue weighted by Gasteiger charge is 2.26. The highest BCUT2D eigenvalue weighted by molar-refractivity contribution is 5.79. The zero-order valence-electron chi connectivity index (χ0n) is 13.0. The number of alkyl halides is 3. The Bertz CT molecular complexity index is 489. The zero-order valence-corrected chi connectivity index (χ0v) is 13.0. The molecule has 4 nitrogen and oxygen atoms in total. The Kier molecular flexibility index (Phi) is 7.01. The van der Waals surface area contributed by atoms with Crippen molar-refractivity contribution in [2.45, 2.75) is 25.4 Å². The fourth-order valence-electron chi connectivity index (χ4n) is 1.98. The lowest BCUT2D eigenvalue weighted by atomic mass is 10.0. The van der Waals surface area contributed by atoms with Crippen molar-refractivity contribution in [1.82, 2.24) is 10.6 Å². The summed E-state index contributed by atoms with van der Waals surface area (Å²) in [4.78, 5) is 3.91. The predicted molar refractivity (Wildman–Crippen MR) is 81.4 cm³/mol. The van der Waals surface area contributed by atoms with Crippen molar-refractivity contribution in [2.75, 3.05) is 27.2 Å². The molecule has 0 amide bonds. The van der Waals surface area contributed by atoms with Gasteiger partial charge in [0, 0.05) is 26.1 Å². The molecule has 0 aromatic heterocycles. The fraction of sp³-hybridized carbons (Fsp3) is 0.533. The van der Waals surface area contributed by atoms with E-state index in [4.69, 9.17) is 4.74 Å². The molecule has 124 valence electrons. The van der Waals surface area contributed by atoms with Crippen molar-refractivity contribution in [1.29, 1.82) is 0 Å². The predicted octanol–water partition coefficient (Wildman–Crippen LogP) is 2.92. The van der Waals surface area contributed by atoms with Gasteiger partial charge in [-0.2, -0.15) is 13.2 Å². The molecule has 2 N–H and O–H groups in total. The lowest BCUT2D eigenvalue weighted by Crippen LogP contribution is -2.40. The van der Waals surface area contributed by atoms with Gasteiger partial charge in [-0.3, -0.25) is 4.99 Å². The first kappa shape index (κ1) is 18.1. The minimum Gasteiger partial charge on any atom is -0.496 e. The van der Waals surface area contributed by atoms with Gasteiger partial charge in [0.25, 0.3) is 0 Å². The lowest BCUT2D eigenvalue weighted by molar-refractivity contribution is -0.132. The van der Waals surface area contributed by atoms with Crippen LogP contribution in [-0.2, 0) is 0 Å². The first-order valence-corrected chi connectivity index (χ1v) is 7.01. The number of rotatable bonds is 6. The SMILES string of the molecule is CN=C(NCCC(F)(F)F)NCC(C)c1ccccc1OC. The van der Waals surface area contributed by atoms with Gasteiger partial charge in [-0.1, -0.05) is 25.1 Å². The summed E-state index contributed by atoms with van der Waals surface area (Å²) in [5.41, 5.74) is 1.03. The first-order chi connectivity index (χ1) is 10.4. The molecule has 0 bridgehead atoms. The quantitative estimate of drug-likeness (QED) is 0.626. The molecule has 1 rings (SSSR count). The van der Waals surface area contributed by atoms with Crippen LogP contribution in [-0.4, -0.2) is 39.4 Å². The van der Waals surface area contributed by atoms with Gasteiger partial charge in [0.15, 0.2) is 5.96 Å². The van der Waals surface area contributed by atoms with Crippen LogP contribution in [0.4, 0.5) is 13.2 Å². The number of guanidine groups is 1. The van der Waals surface area contributed by atoms with Crippen LogP contribution >= 0.6 is 0 Å². The van der Waals surface area contributed by atoms with Gasteiger partial charge in [-0.05, 0) is 11.6 Å². The van der Waals surface area contributed by atoms with E-state index in [1.807, 2.05) is 31.2 Å². The summed E-state index contributed by atoms with van der Waals surface area (Å²) in [5.74, 6) is 1.26. The molecular formula is C15H22F3N3O. The summed E-state index contributed by atoms with van der Waals surface area (Å²) in [6.45, 7) is 2.34. The van der Waals surface area contributed by atoms with Gasteiger partial charge in [-0.15, -0.1) is 0 Å². The number of nitrogens with one attached hydrogen (secondary N) is 2. The summed E-state index contributed by atoms with van der Waals surface area (Å²) < 4.78 is 41.6. The van der Waals surface area contributed by atoms with Crippen LogP contribution in [0.1, 0.15) is 24.8 Å². The maximum atomic E-state index is 12.1. The Labute approximate surface area is 128 Å². The first-order valence-electron chi connectivity index (χ1n) is 7.01. The van der Waals surface area contributed by atoms with E-state index in [1.54, 1.807) is 7.11 Å². The van der Waals surface area contributed by atoms with E-state index in [0.29, 0.717) is 12.5 Å². The average molecular weight is 317 g/mol. The summed E-state index contributed by atoms with van der Waals surface area (Å²) in [6, 6.07) is 7.65. The number of halogens is 3. The Balaban J connectivity index is 2.49. The summed E-state index contributed by atoms with van der Waals surface area (Å²) in [6.07, 6.45) is -5.06. The normalized spacial score (nSPS) is 13.6. The minimum atomic E-state index is -4.17. The number of para-hydroxylation sites is 1. The molecule has 0 heterocycles. The van der Waals surface area contributed by atoms with Gasteiger partial charge in [0.2, 0.25) is 0 Å². The highest BCUT2D eigenvalue weighted by atomic mass is 19.4. The Morgan fingerprint density at radius 2 is 1.95 bits per heavy atom. The fourth-order valence-corrected chi connectivity index (χ4v) is 1.98. The molecule has 1 unspecified atom stereocenters. The number of nitrogens with zero attached hydrogens (tertiary/aromatic N) is 1. The van der Waals surface area contributed by atoms with E-state index in [-0.39, 0.29) is 12.5 Å². The molecule has 22 heavy (non-hydrogen) atoms. The molecule has 0 aliphatic carbocycles. The van der Waals surface area contributed by atoms with Crippen LogP contribution in [0.25, 0.3) is 0 Å². The van der Waals surface area contributed by atoms with Crippen LogP contribution in [0.2, 0.25) is 0 Å². The Hall–Kier alpha value is -1.92. The van der Waals surface area contributed by atoms with Crippen LogP contribution < -0.4 is 15.4 Å². The largest absolute Gasteiger partial charge is 0.496 e. The molecule has 0 aliphatic rings. The average Bonchev–Trinajstić information content (AvgIpc) is 2.49. The number of methoxy groups -OCH3 is 1. The summed E-state index contributed by atoms with van der Waals surface area (Å²) >= 11 is 0. The van der Waals surface area contributed by atoms with Crippen LogP contribution in [0.5, 0.6) is 5.75 Å². The van der Waals surface area contributed by atoms with Crippen LogP contribution in [0.3, 0.4) is 0 Å². The van der Waals surface area contributed by atoms with Crippen molar-refractivity contribution < 1.29 is 17.9 Å². The topological polar surface area (TPSA) is 45.7 Å². The minimum absolute atomic E-state index is 0.123. The number of hydrogen-bond donors (Lipinski definition) is 2. The molecule has 0 fully saturated rings. The van der Waals surface area contributed by atoms with E-state index in [1.165, 1.54) is 7.05 Å². The smallest absolute Gasteiger partial charge is 0.390 e. The van der Waals surface area contributed by atoms with E-state index in [9.17, 15) is 13.2 Å². The van der Waals surface area contributed by atoms with Crippen molar-refractivity contribution in [2.24, 2.45) is 4.99 Å². The standard InChI is InChI=1S/C15H22F3N3O/c1-11(12-6-4-5-7-13(12)22-3)10-21-14(19-2)20-9-8-15(16,17)18/h4-7,11H,8-10H2,1-3H3,(H2,19,20,21). The Morgan fingerprint density at radius 3 is 2.55 bits per heavy atom. The van der Waals surface area contributed by atoms with E-state index >= 15 is 0 Å². The lowest BCUT2D eigenvalue weighted by Gasteiger charge is -2.18. The third kappa shape index (κ3) is 6.24. The Morgan fingerprint density at radius 1 is 1.27 bits per heavy atom. The third-order valence-corrected chi connectivity index (χ3v) is 3.17. The molecule has 0 spiro atoms. The molecular weight excluding hydrogens is 295 g/mol. The highest BCUT2D eigenvalue weighted by Crippen LogP contribution is 2.25. The van der Waals surface area contributed by atoms with Crippen LogP contribution in [0.15, 0.2) is 29.3 Å². The molecule has 0 radical (unpaired) electrons. The molecule has 0 saturated heterocycles. The van der Waals surface area contributed by atoms with Crippen LogP contribution in [0, 0.1) is 0 Å². The summed E-state index contributed by atoms with van der Waals surface area (Å²) in [7, 11) is 3.13. The van der Waals surface area contributed by atoms with Crippen molar-refractivity contribution >= 4 is 5.96 Å². The number of benzene rings is 1. The van der Waals surface area contributed by atoms with Crippen molar-refractivity contribution in [3.8, 4) is 5.75 Å². The van der Waals surface area contributed by atoms with Gasteiger partial charge < -0.3 is 15.4 Å².